The van der Waals surface area contributed by atoms with Gasteiger partial charge in [-0.15, -0.1) is 0 Å². The normalized spacial score (nSPS) is 30.3. The molecule has 3 nitrogen and oxygen atoms in total. The van der Waals surface area contributed by atoms with Crippen LogP contribution in [0.3, 0.4) is 0 Å². The van der Waals surface area contributed by atoms with E-state index in [2.05, 4.69) is 38.1 Å². The van der Waals surface area contributed by atoms with Gasteiger partial charge in [0, 0.05) is 15.9 Å². The summed E-state index contributed by atoms with van der Waals surface area (Å²) in [5.41, 5.74) is 4.95. The quantitative estimate of drug-likeness (QED) is 0.488. The van der Waals surface area contributed by atoms with Crippen LogP contribution in [0.1, 0.15) is 41.7 Å². The number of rotatable bonds is 1. The maximum Gasteiger partial charge on any atom is 0.238 e. The van der Waals surface area contributed by atoms with Crippen LogP contribution in [-0.2, 0) is 20.4 Å². The summed E-state index contributed by atoms with van der Waals surface area (Å²) in [5, 5.41) is 0.517. The van der Waals surface area contributed by atoms with Crippen LogP contribution in [0.2, 0.25) is 5.02 Å². The second kappa shape index (κ2) is 5.86. The van der Waals surface area contributed by atoms with E-state index in [0.29, 0.717) is 10.7 Å². The van der Waals surface area contributed by atoms with E-state index in [0.717, 1.165) is 27.8 Å². The van der Waals surface area contributed by atoms with Crippen LogP contribution < -0.4 is 4.90 Å². The van der Waals surface area contributed by atoms with E-state index >= 15 is 0 Å². The molecule has 154 valence electrons. The molecule has 1 fully saturated rings. The zero-order valence-corrected chi connectivity index (χ0v) is 18.4. The van der Waals surface area contributed by atoms with E-state index in [-0.39, 0.29) is 11.8 Å². The van der Waals surface area contributed by atoms with Gasteiger partial charge in [0.15, 0.2) is 0 Å². The van der Waals surface area contributed by atoms with Gasteiger partial charge < -0.3 is 0 Å². The average Bonchev–Trinajstić information content (AvgIpc) is 3.05. The molecule has 3 aromatic rings. The Labute approximate surface area is 186 Å². The van der Waals surface area contributed by atoms with E-state index < -0.39 is 22.7 Å². The highest BCUT2D eigenvalue weighted by atomic mass is 35.5. The molecule has 0 aromatic heterocycles. The minimum atomic E-state index is -0.566. The molecule has 4 aliphatic rings. The van der Waals surface area contributed by atoms with Gasteiger partial charge in [-0.3, -0.25) is 9.59 Å². The topological polar surface area (TPSA) is 37.4 Å². The van der Waals surface area contributed by atoms with E-state index in [9.17, 15) is 9.59 Å². The number of imide groups is 1. The summed E-state index contributed by atoms with van der Waals surface area (Å²) in [7, 11) is 0. The van der Waals surface area contributed by atoms with Crippen LogP contribution in [0.4, 0.5) is 5.69 Å². The summed E-state index contributed by atoms with van der Waals surface area (Å²) in [6.07, 6.45) is 0. The highest BCUT2D eigenvalue weighted by Crippen LogP contribution is 2.66. The fourth-order valence-corrected chi connectivity index (χ4v) is 6.80. The van der Waals surface area contributed by atoms with E-state index in [4.69, 9.17) is 11.6 Å². The van der Waals surface area contributed by atoms with Crippen molar-refractivity contribution in [2.24, 2.45) is 11.8 Å². The van der Waals surface area contributed by atoms with Gasteiger partial charge in [0.05, 0.1) is 17.5 Å². The van der Waals surface area contributed by atoms with Crippen LogP contribution >= 0.6 is 11.6 Å². The number of carbonyl (C=O) groups excluding carboxylic acids is 2. The smallest absolute Gasteiger partial charge is 0.238 e. The number of hydrogen-bond donors (Lipinski definition) is 0. The third kappa shape index (κ3) is 2.01. The number of anilines is 1. The molecule has 4 heteroatoms. The molecule has 2 amide bonds. The van der Waals surface area contributed by atoms with Crippen LogP contribution in [0.5, 0.6) is 0 Å². The molecule has 1 heterocycles. The molecule has 3 aliphatic carbocycles. The maximum atomic E-state index is 14.0. The van der Waals surface area contributed by atoms with Crippen molar-refractivity contribution in [3.05, 3.63) is 99.6 Å². The standard InChI is InChI=1S/C27H22ClNO2/c1-15-12-13-16(28)14-21(15)29-24(30)22-23(25(29)31)27(3)19-10-6-4-8-17(19)26(22,2)18-9-5-7-11-20(18)27/h4-14,22-23H,1-3H3/t22-,23+,26?,27?. The molecule has 7 rings (SSSR count). The lowest BCUT2D eigenvalue weighted by Gasteiger charge is -2.57. The number of aryl methyl sites for hydroxylation is 1. The molecule has 2 bridgehead atoms. The summed E-state index contributed by atoms with van der Waals surface area (Å²) in [6, 6.07) is 22.0. The van der Waals surface area contributed by atoms with Crippen molar-refractivity contribution in [3.8, 4) is 0 Å². The Morgan fingerprint density at radius 1 is 0.742 bits per heavy atom. The molecular formula is C27H22ClNO2. The second-order valence-electron chi connectivity index (χ2n) is 9.39. The van der Waals surface area contributed by atoms with Gasteiger partial charge in [0.2, 0.25) is 11.8 Å². The predicted molar refractivity (Wildman–Crippen MR) is 121 cm³/mol. The van der Waals surface area contributed by atoms with Crippen LogP contribution in [0.15, 0.2) is 66.7 Å². The predicted octanol–water partition coefficient (Wildman–Crippen LogP) is 5.39. The lowest BCUT2D eigenvalue weighted by Crippen LogP contribution is -2.59. The monoisotopic (exact) mass is 427 g/mol. The summed E-state index contributed by atoms with van der Waals surface area (Å²) >= 11 is 6.26. The largest absolute Gasteiger partial charge is 0.274 e. The molecule has 1 saturated heterocycles. The number of halogens is 1. The number of amides is 2. The Kier molecular flexibility index (Phi) is 3.56. The first-order chi connectivity index (χ1) is 14.8. The molecule has 0 radical (unpaired) electrons. The molecule has 0 N–H and O–H groups in total. The summed E-state index contributed by atoms with van der Waals surface area (Å²) in [5.74, 6) is -1.16. The highest BCUT2D eigenvalue weighted by molar-refractivity contribution is 6.31. The first-order valence-electron chi connectivity index (χ1n) is 10.6. The maximum absolute atomic E-state index is 14.0. The molecule has 0 spiro atoms. The number of nitrogens with zero attached hydrogens (tertiary/aromatic N) is 1. The van der Waals surface area contributed by atoms with Gasteiger partial charge in [0.1, 0.15) is 0 Å². The minimum Gasteiger partial charge on any atom is -0.274 e. The van der Waals surface area contributed by atoms with Crippen LogP contribution in [0.25, 0.3) is 0 Å². The van der Waals surface area contributed by atoms with E-state index in [1.54, 1.807) is 12.1 Å². The van der Waals surface area contributed by atoms with Crippen molar-refractivity contribution in [1.82, 2.24) is 0 Å². The first-order valence-corrected chi connectivity index (χ1v) is 11.0. The fraction of sp³-hybridized carbons (Fsp3) is 0.259. The molecule has 3 aromatic carbocycles. The Hall–Kier alpha value is -2.91. The lowest BCUT2D eigenvalue weighted by atomic mass is 9.42. The summed E-state index contributed by atoms with van der Waals surface area (Å²) in [4.78, 5) is 29.5. The third-order valence-corrected chi connectivity index (χ3v) is 8.29. The van der Waals surface area contributed by atoms with Gasteiger partial charge in [-0.25, -0.2) is 4.90 Å². The number of hydrogen-bond acceptors (Lipinski definition) is 2. The Balaban J connectivity index is 1.67. The SMILES string of the molecule is Cc1ccc(Cl)cc1N1C(=O)[C@@H]2[C@H](C1=O)C1(C)c3ccccc3C2(C)c2ccccc21. The fourth-order valence-electron chi connectivity index (χ4n) is 6.63. The summed E-state index contributed by atoms with van der Waals surface area (Å²) < 4.78 is 0. The van der Waals surface area contributed by atoms with Crippen LogP contribution in [0, 0.1) is 18.8 Å². The van der Waals surface area contributed by atoms with Crippen LogP contribution in [-0.4, -0.2) is 11.8 Å². The van der Waals surface area contributed by atoms with Gasteiger partial charge >= 0.3 is 0 Å². The Morgan fingerprint density at radius 3 is 1.58 bits per heavy atom. The van der Waals surface area contributed by atoms with Crippen molar-refractivity contribution in [1.29, 1.82) is 0 Å². The van der Waals surface area contributed by atoms with Gasteiger partial charge in [-0.1, -0.05) is 80.0 Å². The zero-order chi connectivity index (χ0) is 21.7. The molecule has 31 heavy (non-hydrogen) atoms. The average molecular weight is 428 g/mol. The van der Waals surface area contributed by atoms with Crippen molar-refractivity contribution >= 4 is 29.1 Å². The summed E-state index contributed by atoms with van der Waals surface area (Å²) in [6.45, 7) is 6.19. The number of carbonyl (C=O) groups is 2. The zero-order valence-electron chi connectivity index (χ0n) is 17.6. The van der Waals surface area contributed by atoms with Gasteiger partial charge in [-0.05, 0) is 46.9 Å². The first kappa shape index (κ1) is 18.8. The van der Waals surface area contributed by atoms with Gasteiger partial charge in [0.25, 0.3) is 0 Å². The molecular weight excluding hydrogens is 406 g/mol. The molecule has 0 saturated carbocycles. The lowest BCUT2D eigenvalue weighted by molar-refractivity contribution is -0.124. The van der Waals surface area contributed by atoms with E-state index in [1.807, 2.05) is 37.3 Å². The highest BCUT2D eigenvalue weighted by Gasteiger charge is 2.70. The molecule has 0 unspecified atom stereocenters. The Morgan fingerprint density at radius 2 is 1.16 bits per heavy atom. The number of benzene rings is 3. The second-order valence-corrected chi connectivity index (χ2v) is 9.83. The third-order valence-electron chi connectivity index (χ3n) is 8.05. The van der Waals surface area contributed by atoms with Crippen molar-refractivity contribution in [2.75, 3.05) is 4.90 Å². The minimum absolute atomic E-state index is 0.127. The molecule has 2 atom stereocenters. The van der Waals surface area contributed by atoms with Gasteiger partial charge in [-0.2, -0.15) is 0 Å². The Bertz CT molecular complexity index is 1190. The van der Waals surface area contributed by atoms with E-state index in [1.165, 1.54) is 4.90 Å². The van der Waals surface area contributed by atoms with Crippen molar-refractivity contribution in [2.45, 2.75) is 31.6 Å². The molecule has 1 aliphatic heterocycles. The van der Waals surface area contributed by atoms with Crippen molar-refractivity contribution in [3.63, 3.8) is 0 Å². The van der Waals surface area contributed by atoms with Crippen molar-refractivity contribution < 1.29 is 9.59 Å².